The van der Waals surface area contributed by atoms with Gasteiger partial charge in [0, 0.05) is 12.1 Å². The molecule has 22 heavy (non-hydrogen) atoms. The topological polar surface area (TPSA) is 82.3 Å². The summed E-state index contributed by atoms with van der Waals surface area (Å²) in [6.07, 6.45) is 0. The molecule has 0 heterocycles. The van der Waals surface area contributed by atoms with Crippen LogP contribution in [0.5, 0.6) is 5.75 Å². The fraction of sp³-hybridized carbons (Fsp3) is 0.176. The Balaban J connectivity index is 2.01. The van der Waals surface area contributed by atoms with Crippen LogP contribution in [0, 0.1) is 11.3 Å². The van der Waals surface area contributed by atoms with E-state index in [0.717, 1.165) is 5.56 Å². The maximum Gasteiger partial charge on any atom is 0.251 e. The lowest BCUT2D eigenvalue weighted by atomic mass is 10.1. The largest absolute Gasteiger partial charge is 0.489 e. The third kappa shape index (κ3) is 4.33. The molecule has 0 atom stereocenters. The van der Waals surface area contributed by atoms with E-state index in [-0.39, 0.29) is 19.1 Å². The quantitative estimate of drug-likeness (QED) is 0.852. The molecule has 5 heteroatoms. The highest BCUT2D eigenvalue weighted by Crippen LogP contribution is 2.15. The molecule has 2 aromatic rings. The summed E-state index contributed by atoms with van der Waals surface area (Å²) in [5, 5.41) is 20.2. The number of nitriles is 1. The Morgan fingerprint density at radius 1 is 1.23 bits per heavy atom. The maximum absolute atomic E-state index is 11.8. The maximum atomic E-state index is 11.8. The summed E-state index contributed by atoms with van der Waals surface area (Å²) < 4.78 is 5.63. The third-order valence-electron chi connectivity index (χ3n) is 2.96. The normalized spacial score (nSPS) is 9.82. The first-order chi connectivity index (χ1) is 10.7. The van der Waals surface area contributed by atoms with Crippen molar-refractivity contribution >= 4 is 5.91 Å². The number of nitrogens with zero attached hydrogens (tertiary/aromatic N) is 1. The number of benzene rings is 2. The Kier molecular flexibility index (Phi) is 5.52. The van der Waals surface area contributed by atoms with Crippen LogP contribution in [-0.4, -0.2) is 24.2 Å². The summed E-state index contributed by atoms with van der Waals surface area (Å²) in [6, 6.07) is 16.0. The zero-order valence-corrected chi connectivity index (χ0v) is 12.0. The second kappa shape index (κ2) is 7.81. The van der Waals surface area contributed by atoms with Crippen LogP contribution in [0.1, 0.15) is 21.5 Å². The molecule has 5 nitrogen and oxygen atoms in total. The summed E-state index contributed by atoms with van der Waals surface area (Å²) in [4.78, 5) is 11.8. The van der Waals surface area contributed by atoms with Gasteiger partial charge < -0.3 is 15.2 Å². The minimum absolute atomic E-state index is 0.0935. The van der Waals surface area contributed by atoms with Gasteiger partial charge >= 0.3 is 0 Å². The van der Waals surface area contributed by atoms with Gasteiger partial charge in [0.1, 0.15) is 12.4 Å². The van der Waals surface area contributed by atoms with E-state index >= 15 is 0 Å². The molecular formula is C17H16N2O3. The molecule has 2 aromatic carbocycles. The Labute approximate surface area is 128 Å². The minimum Gasteiger partial charge on any atom is -0.489 e. The SMILES string of the molecule is N#Cc1cccc(OCc2cccc(C(=O)NCCO)c2)c1. The lowest BCUT2D eigenvalue weighted by molar-refractivity contribution is 0.0944. The third-order valence-corrected chi connectivity index (χ3v) is 2.96. The number of carbonyl (C=O) groups is 1. The van der Waals surface area contributed by atoms with Crippen molar-refractivity contribution < 1.29 is 14.6 Å². The highest BCUT2D eigenvalue weighted by atomic mass is 16.5. The molecule has 0 aliphatic carbocycles. The first-order valence-electron chi connectivity index (χ1n) is 6.84. The van der Waals surface area contributed by atoms with Gasteiger partial charge in [0.25, 0.3) is 5.91 Å². The summed E-state index contributed by atoms with van der Waals surface area (Å²) in [5.41, 5.74) is 1.90. The first-order valence-corrected chi connectivity index (χ1v) is 6.84. The molecule has 2 rings (SSSR count). The average Bonchev–Trinajstić information content (AvgIpc) is 2.58. The van der Waals surface area contributed by atoms with Crippen LogP contribution >= 0.6 is 0 Å². The summed E-state index contributed by atoms with van der Waals surface area (Å²) in [6.45, 7) is 0.431. The molecule has 0 fully saturated rings. The van der Waals surface area contributed by atoms with Crippen LogP contribution < -0.4 is 10.1 Å². The van der Waals surface area contributed by atoms with E-state index in [1.54, 1.807) is 42.5 Å². The number of rotatable bonds is 6. The molecule has 0 bridgehead atoms. The highest BCUT2D eigenvalue weighted by Gasteiger charge is 2.06. The van der Waals surface area contributed by atoms with Gasteiger partial charge in [-0.2, -0.15) is 5.26 Å². The molecule has 2 N–H and O–H groups in total. The Bertz CT molecular complexity index is 692. The van der Waals surface area contributed by atoms with Crippen molar-refractivity contribution in [3.05, 3.63) is 65.2 Å². The lowest BCUT2D eigenvalue weighted by Gasteiger charge is -2.08. The molecule has 0 saturated carbocycles. The van der Waals surface area contributed by atoms with Crippen molar-refractivity contribution in [3.8, 4) is 11.8 Å². The highest BCUT2D eigenvalue weighted by molar-refractivity contribution is 5.94. The molecule has 0 radical (unpaired) electrons. The number of carbonyl (C=O) groups excluding carboxylic acids is 1. The van der Waals surface area contributed by atoms with Gasteiger partial charge in [0.05, 0.1) is 18.2 Å². The lowest BCUT2D eigenvalue weighted by Crippen LogP contribution is -2.26. The minimum atomic E-state index is -0.234. The molecule has 0 aliphatic heterocycles. The number of aliphatic hydroxyl groups excluding tert-OH is 1. The van der Waals surface area contributed by atoms with E-state index < -0.39 is 0 Å². The van der Waals surface area contributed by atoms with Gasteiger partial charge in [-0.25, -0.2) is 0 Å². The van der Waals surface area contributed by atoms with Crippen LogP contribution in [0.2, 0.25) is 0 Å². The predicted octanol–water partition coefficient (Wildman–Crippen LogP) is 1.86. The van der Waals surface area contributed by atoms with Crippen molar-refractivity contribution in [2.45, 2.75) is 6.61 Å². The van der Waals surface area contributed by atoms with Crippen molar-refractivity contribution in [3.63, 3.8) is 0 Å². The zero-order valence-electron chi connectivity index (χ0n) is 12.0. The predicted molar refractivity (Wildman–Crippen MR) is 81.4 cm³/mol. The fourth-order valence-corrected chi connectivity index (χ4v) is 1.90. The second-order valence-corrected chi connectivity index (χ2v) is 4.61. The van der Waals surface area contributed by atoms with E-state index in [4.69, 9.17) is 15.1 Å². The Morgan fingerprint density at radius 2 is 2.05 bits per heavy atom. The van der Waals surface area contributed by atoms with Gasteiger partial charge in [0.2, 0.25) is 0 Å². The van der Waals surface area contributed by atoms with E-state index in [9.17, 15) is 4.79 Å². The number of hydrogen-bond donors (Lipinski definition) is 2. The molecule has 0 unspecified atom stereocenters. The summed E-state index contributed by atoms with van der Waals surface area (Å²) in [7, 11) is 0. The molecule has 0 aromatic heterocycles. The molecule has 0 saturated heterocycles. The molecule has 1 amide bonds. The van der Waals surface area contributed by atoms with Gasteiger partial charge in [0.15, 0.2) is 0 Å². The van der Waals surface area contributed by atoms with Gasteiger partial charge in [-0.15, -0.1) is 0 Å². The van der Waals surface area contributed by atoms with Crippen LogP contribution in [0.4, 0.5) is 0 Å². The number of aliphatic hydroxyl groups is 1. The van der Waals surface area contributed by atoms with Gasteiger partial charge in [-0.1, -0.05) is 18.2 Å². The standard InChI is InChI=1S/C17H16N2O3/c18-11-13-3-2-6-16(10-13)22-12-14-4-1-5-15(9-14)17(21)19-7-8-20/h1-6,9-10,20H,7-8,12H2,(H,19,21). The Hall–Kier alpha value is -2.84. The smallest absolute Gasteiger partial charge is 0.251 e. The monoisotopic (exact) mass is 296 g/mol. The van der Waals surface area contributed by atoms with E-state index in [0.29, 0.717) is 23.5 Å². The zero-order chi connectivity index (χ0) is 15.8. The van der Waals surface area contributed by atoms with Crippen molar-refractivity contribution in [1.82, 2.24) is 5.32 Å². The average molecular weight is 296 g/mol. The molecule has 0 spiro atoms. The Morgan fingerprint density at radius 3 is 2.82 bits per heavy atom. The van der Waals surface area contributed by atoms with Crippen LogP contribution in [0.3, 0.4) is 0 Å². The van der Waals surface area contributed by atoms with Crippen LogP contribution in [0.15, 0.2) is 48.5 Å². The summed E-state index contributed by atoms with van der Waals surface area (Å²) >= 11 is 0. The molecule has 0 aliphatic rings. The van der Waals surface area contributed by atoms with E-state index in [1.807, 2.05) is 6.07 Å². The first kappa shape index (κ1) is 15.5. The van der Waals surface area contributed by atoms with Crippen molar-refractivity contribution in [1.29, 1.82) is 5.26 Å². The number of nitrogens with one attached hydrogen (secondary N) is 1. The van der Waals surface area contributed by atoms with Gasteiger partial charge in [-0.05, 0) is 35.9 Å². The number of amides is 1. The van der Waals surface area contributed by atoms with Crippen LogP contribution in [-0.2, 0) is 6.61 Å². The number of hydrogen-bond acceptors (Lipinski definition) is 4. The number of ether oxygens (including phenoxy) is 1. The second-order valence-electron chi connectivity index (χ2n) is 4.61. The van der Waals surface area contributed by atoms with Crippen molar-refractivity contribution in [2.75, 3.05) is 13.2 Å². The molecule has 112 valence electrons. The molecular weight excluding hydrogens is 280 g/mol. The summed E-state index contributed by atoms with van der Waals surface area (Å²) in [5.74, 6) is 0.372. The van der Waals surface area contributed by atoms with E-state index in [2.05, 4.69) is 11.4 Å². The van der Waals surface area contributed by atoms with E-state index in [1.165, 1.54) is 0 Å². The van der Waals surface area contributed by atoms with Gasteiger partial charge in [-0.3, -0.25) is 4.79 Å². The fourth-order valence-electron chi connectivity index (χ4n) is 1.90. The van der Waals surface area contributed by atoms with Crippen molar-refractivity contribution in [2.24, 2.45) is 0 Å². The van der Waals surface area contributed by atoms with Crippen LogP contribution in [0.25, 0.3) is 0 Å².